The quantitative estimate of drug-likeness (QED) is 0.112. The number of H-pyrrole nitrogens is 1. The van der Waals surface area contributed by atoms with Gasteiger partial charge >= 0.3 is 6.18 Å². The van der Waals surface area contributed by atoms with Crippen molar-refractivity contribution in [3.05, 3.63) is 117 Å². The minimum atomic E-state index is -5.10. The lowest BCUT2D eigenvalue weighted by atomic mass is 9.92. The maximum atomic E-state index is 14.8. The van der Waals surface area contributed by atoms with Gasteiger partial charge in [-0.15, -0.1) is 0 Å². The van der Waals surface area contributed by atoms with Crippen molar-refractivity contribution in [2.75, 3.05) is 0 Å². The molecule has 52 heavy (non-hydrogen) atoms. The highest BCUT2D eigenvalue weighted by Gasteiger charge is 2.43. The summed E-state index contributed by atoms with van der Waals surface area (Å²) in [7, 11) is 0. The average molecular weight is 728 g/mol. The Morgan fingerprint density at radius 2 is 1.67 bits per heavy atom. The van der Waals surface area contributed by atoms with Crippen LogP contribution in [0.1, 0.15) is 67.6 Å². The largest absolute Gasteiger partial charge is 0.435 e. The number of carbonyl (C=O) groups is 1. The summed E-state index contributed by atoms with van der Waals surface area (Å²) in [6.45, 7) is 3.42. The van der Waals surface area contributed by atoms with E-state index in [2.05, 4.69) is 32.2 Å². The number of nitrogens with one attached hydrogen (secondary N) is 2. The molecule has 1 unspecified atom stereocenters. The van der Waals surface area contributed by atoms with Crippen LogP contribution < -0.4 is 10.9 Å². The lowest BCUT2D eigenvalue weighted by Crippen LogP contribution is -2.35. The number of pyridine rings is 2. The Kier molecular flexibility index (Phi) is 10.4. The van der Waals surface area contributed by atoms with Gasteiger partial charge in [0, 0.05) is 35.7 Å². The van der Waals surface area contributed by atoms with Crippen LogP contribution in [0.3, 0.4) is 0 Å². The molecule has 2 aromatic carbocycles. The topological polar surface area (TPSA) is 113 Å². The summed E-state index contributed by atoms with van der Waals surface area (Å²) in [6.07, 6.45) is -4.48. The zero-order valence-electron chi connectivity index (χ0n) is 28.2. The second-order valence-corrected chi connectivity index (χ2v) is 12.7. The molecule has 0 saturated heterocycles. The van der Waals surface area contributed by atoms with E-state index in [1.165, 1.54) is 33.0 Å². The van der Waals surface area contributed by atoms with Crippen molar-refractivity contribution < 1.29 is 40.6 Å². The Morgan fingerprint density at radius 3 is 2.29 bits per heavy atom. The lowest BCUT2D eigenvalue weighted by Gasteiger charge is -2.23. The molecule has 0 aliphatic carbocycles. The van der Waals surface area contributed by atoms with Gasteiger partial charge < -0.3 is 15.4 Å². The molecule has 0 saturated carbocycles. The molecule has 0 fully saturated rings. The summed E-state index contributed by atoms with van der Waals surface area (Å²) >= 11 is 0. The van der Waals surface area contributed by atoms with Crippen LogP contribution in [0.4, 0.5) is 30.7 Å². The number of aliphatic hydroxyl groups is 1. The molecule has 5 rings (SSSR count). The molecular formula is C37H32F7N5O3. The first-order valence-electron chi connectivity index (χ1n) is 15.9. The van der Waals surface area contributed by atoms with Crippen LogP contribution in [-0.2, 0) is 36.3 Å². The van der Waals surface area contributed by atoms with Crippen molar-refractivity contribution in [3.63, 3.8) is 0 Å². The molecule has 0 aliphatic rings. The summed E-state index contributed by atoms with van der Waals surface area (Å²) in [5.74, 6) is -1.44. The molecule has 3 aromatic heterocycles. The maximum Gasteiger partial charge on any atom is 0.435 e. The second kappa shape index (κ2) is 14.3. The SMILES string of the molecule is CCc1c(C(F)(F)F)nn(CC(=O)NC(Cc2cc(F)cc(F)c2)c2nc(C#CC(C)(C)O)ccc2-c2cccc3c(=O)[nH]ccc23)c1C(C)(F)F. The number of amides is 1. The number of aromatic nitrogens is 4. The number of benzene rings is 2. The number of fused-ring (bicyclic) bond motifs is 1. The number of nitrogens with zero attached hydrogens (tertiary/aromatic N) is 3. The number of carbonyl (C=O) groups excluding carboxylic acids is 1. The van der Waals surface area contributed by atoms with Gasteiger partial charge in [0.1, 0.15) is 35.2 Å². The van der Waals surface area contributed by atoms with Gasteiger partial charge in [-0.05, 0) is 85.5 Å². The lowest BCUT2D eigenvalue weighted by molar-refractivity contribution is -0.142. The molecule has 8 nitrogen and oxygen atoms in total. The Morgan fingerprint density at radius 1 is 0.981 bits per heavy atom. The van der Waals surface area contributed by atoms with E-state index < -0.39 is 76.8 Å². The fourth-order valence-electron chi connectivity index (χ4n) is 5.94. The van der Waals surface area contributed by atoms with Gasteiger partial charge in [0.05, 0.1) is 11.7 Å². The summed E-state index contributed by atoms with van der Waals surface area (Å²) in [5.41, 5.74) is -4.35. The van der Waals surface area contributed by atoms with Gasteiger partial charge in [-0.3, -0.25) is 14.3 Å². The van der Waals surface area contributed by atoms with Crippen molar-refractivity contribution in [1.29, 1.82) is 0 Å². The molecule has 5 aromatic rings. The Labute approximate surface area is 292 Å². The van der Waals surface area contributed by atoms with Crippen molar-refractivity contribution in [2.24, 2.45) is 0 Å². The molecule has 0 spiro atoms. The van der Waals surface area contributed by atoms with Crippen LogP contribution in [0.15, 0.2) is 65.6 Å². The molecule has 1 amide bonds. The van der Waals surface area contributed by atoms with Gasteiger partial charge in [0.15, 0.2) is 5.69 Å². The Hall–Kier alpha value is -5.49. The monoisotopic (exact) mass is 727 g/mol. The molecule has 0 aliphatic heterocycles. The summed E-state index contributed by atoms with van der Waals surface area (Å²) < 4.78 is 100. The molecule has 3 heterocycles. The van der Waals surface area contributed by atoms with E-state index >= 15 is 0 Å². The van der Waals surface area contributed by atoms with Gasteiger partial charge in [-0.1, -0.05) is 25.0 Å². The third-order valence-electron chi connectivity index (χ3n) is 7.94. The van der Waals surface area contributed by atoms with Crippen LogP contribution >= 0.6 is 0 Å². The van der Waals surface area contributed by atoms with E-state index in [9.17, 15) is 45.4 Å². The van der Waals surface area contributed by atoms with Crippen molar-refractivity contribution in [3.8, 4) is 23.0 Å². The predicted molar refractivity (Wildman–Crippen MR) is 178 cm³/mol. The highest BCUT2D eigenvalue weighted by Crippen LogP contribution is 2.39. The van der Waals surface area contributed by atoms with Crippen molar-refractivity contribution in [2.45, 2.75) is 70.8 Å². The first-order valence-corrected chi connectivity index (χ1v) is 15.9. The molecule has 3 N–H and O–H groups in total. The van der Waals surface area contributed by atoms with Crippen LogP contribution in [0.25, 0.3) is 21.9 Å². The van der Waals surface area contributed by atoms with Crippen LogP contribution in [0.5, 0.6) is 0 Å². The van der Waals surface area contributed by atoms with E-state index in [4.69, 9.17) is 0 Å². The van der Waals surface area contributed by atoms with E-state index in [0.29, 0.717) is 39.6 Å². The average Bonchev–Trinajstić information content (AvgIpc) is 3.42. The van der Waals surface area contributed by atoms with E-state index in [1.807, 2.05) is 0 Å². The van der Waals surface area contributed by atoms with E-state index in [1.54, 1.807) is 30.3 Å². The van der Waals surface area contributed by atoms with Gasteiger partial charge in [0.25, 0.3) is 11.5 Å². The number of halogens is 7. The van der Waals surface area contributed by atoms with E-state index in [-0.39, 0.29) is 23.4 Å². The first-order chi connectivity index (χ1) is 24.2. The zero-order chi connectivity index (χ0) is 38.2. The van der Waals surface area contributed by atoms with Crippen LogP contribution in [0.2, 0.25) is 0 Å². The highest BCUT2D eigenvalue weighted by molar-refractivity contribution is 5.96. The van der Waals surface area contributed by atoms with Gasteiger partial charge in [-0.25, -0.2) is 13.8 Å². The summed E-state index contributed by atoms with van der Waals surface area (Å²) in [4.78, 5) is 33.6. The second-order valence-electron chi connectivity index (χ2n) is 12.7. The predicted octanol–water partition coefficient (Wildman–Crippen LogP) is 6.98. The normalized spacial score (nSPS) is 12.8. The number of hydrogen-bond donors (Lipinski definition) is 3. The number of hydrogen-bond acceptors (Lipinski definition) is 5. The van der Waals surface area contributed by atoms with Gasteiger partial charge in [0.2, 0.25) is 5.91 Å². The maximum absolute atomic E-state index is 14.8. The number of rotatable bonds is 9. The van der Waals surface area contributed by atoms with Crippen LogP contribution in [-0.4, -0.2) is 36.4 Å². The highest BCUT2D eigenvalue weighted by atomic mass is 19.4. The van der Waals surface area contributed by atoms with Crippen LogP contribution in [0, 0.1) is 23.5 Å². The molecule has 15 heteroatoms. The molecule has 0 bridgehead atoms. The van der Waals surface area contributed by atoms with Crippen molar-refractivity contribution in [1.82, 2.24) is 25.1 Å². The zero-order valence-corrected chi connectivity index (χ0v) is 28.2. The Bertz CT molecular complexity index is 2250. The number of aromatic amines is 1. The minimum absolute atomic E-state index is 0.0328. The third kappa shape index (κ3) is 8.51. The van der Waals surface area contributed by atoms with Gasteiger partial charge in [-0.2, -0.15) is 27.1 Å². The molecule has 0 radical (unpaired) electrons. The fraction of sp³-hybridized carbons (Fsp3) is 0.297. The first kappa shape index (κ1) is 37.8. The molecular weight excluding hydrogens is 695 g/mol. The minimum Gasteiger partial charge on any atom is -0.378 e. The number of alkyl halides is 5. The Balaban J connectivity index is 1.70. The molecule has 272 valence electrons. The summed E-state index contributed by atoms with van der Waals surface area (Å²) in [5, 5.41) is 17.0. The smallest absolute Gasteiger partial charge is 0.378 e. The fourth-order valence-corrected chi connectivity index (χ4v) is 5.94. The van der Waals surface area contributed by atoms with Crippen molar-refractivity contribution >= 4 is 16.7 Å². The third-order valence-corrected chi connectivity index (χ3v) is 7.94. The summed E-state index contributed by atoms with van der Waals surface area (Å²) in [6, 6.07) is 10.9. The standard InChI is InChI=1S/C37H32F7N5O3/c1-5-24-32(37(42,43)44)48-49(33(24)36(4,40)41)19-30(50)47-29(17-20-15-21(38)18-22(39)16-20)31-27(10-9-23(46-31)11-13-35(2,3)52)25-7-6-8-28-26(25)12-14-45-34(28)51/h6-10,12,14-16,18,29,52H,5,17,19H2,1-4H3,(H,45,51)(H,47,50). The van der Waals surface area contributed by atoms with E-state index in [0.717, 1.165) is 12.1 Å². The molecule has 1 atom stereocenters.